The monoisotopic (exact) mass is 453 g/mol. The van der Waals surface area contributed by atoms with Crippen LogP contribution in [0.1, 0.15) is 23.0 Å². The first-order valence-electron chi connectivity index (χ1n) is 9.82. The van der Waals surface area contributed by atoms with Gasteiger partial charge in [-0.1, -0.05) is 24.3 Å². The van der Waals surface area contributed by atoms with Crippen LogP contribution in [0.2, 0.25) is 0 Å². The van der Waals surface area contributed by atoms with Gasteiger partial charge in [-0.05, 0) is 43.7 Å². The number of carbonyl (C=O) groups is 1. The lowest BCUT2D eigenvalue weighted by atomic mass is 10.0. The molecule has 0 aliphatic rings. The number of sulfone groups is 1. The van der Waals surface area contributed by atoms with E-state index in [1.54, 1.807) is 42.6 Å². The highest BCUT2D eigenvalue weighted by Gasteiger charge is 2.22. The Morgan fingerprint density at radius 3 is 2.28 bits per heavy atom. The molecule has 0 saturated heterocycles. The fourth-order valence-electron chi connectivity index (χ4n) is 3.45. The van der Waals surface area contributed by atoms with Crippen molar-refractivity contribution in [3.05, 3.63) is 71.8 Å². The van der Waals surface area contributed by atoms with Crippen LogP contribution in [-0.4, -0.2) is 41.8 Å². The third-order valence-electron chi connectivity index (χ3n) is 5.07. The topological polar surface area (TPSA) is 90.6 Å². The van der Waals surface area contributed by atoms with Gasteiger partial charge < -0.3 is 4.74 Å². The van der Waals surface area contributed by atoms with E-state index in [9.17, 15) is 17.6 Å². The molecule has 0 radical (unpaired) electrons. The number of hydrogen-bond acceptors (Lipinski definition) is 6. The van der Waals surface area contributed by atoms with Crippen LogP contribution in [0.3, 0.4) is 0 Å². The van der Waals surface area contributed by atoms with Crippen LogP contribution in [-0.2, 0) is 14.6 Å². The molecule has 0 aliphatic heterocycles. The highest BCUT2D eigenvalue weighted by molar-refractivity contribution is 7.90. The van der Waals surface area contributed by atoms with Gasteiger partial charge in [-0.2, -0.15) is 5.10 Å². The normalized spacial score (nSPS) is 11.6. The van der Waals surface area contributed by atoms with Crippen molar-refractivity contribution < 1.29 is 22.3 Å². The highest BCUT2D eigenvalue weighted by Crippen LogP contribution is 2.35. The summed E-state index contributed by atoms with van der Waals surface area (Å²) < 4.78 is 43.9. The molecule has 0 saturated carbocycles. The minimum Gasteiger partial charge on any atom is -0.462 e. The van der Waals surface area contributed by atoms with Crippen molar-refractivity contribution in [2.75, 3.05) is 12.9 Å². The van der Waals surface area contributed by atoms with Gasteiger partial charge in [-0.3, -0.25) is 0 Å². The molecule has 4 rings (SSSR count). The van der Waals surface area contributed by atoms with Crippen LogP contribution in [0.15, 0.2) is 59.6 Å². The zero-order valence-corrected chi connectivity index (χ0v) is 18.5. The van der Waals surface area contributed by atoms with Crippen LogP contribution in [0, 0.1) is 12.7 Å². The fraction of sp³-hybridized carbons (Fsp3) is 0.174. The van der Waals surface area contributed by atoms with E-state index in [0.29, 0.717) is 33.7 Å². The van der Waals surface area contributed by atoms with Crippen molar-refractivity contribution in [2.24, 2.45) is 0 Å². The van der Waals surface area contributed by atoms with Gasteiger partial charge in [0, 0.05) is 18.0 Å². The van der Waals surface area contributed by atoms with Crippen LogP contribution in [0.5, 0.6) is 0 Å². The SMILES string of the molecule is CCOC(=O)c1cnc2c(-c3ccc(F)cc3)c(-c3ccc(S(C)(=O)=O)cc3)nn2c1C. The van der Waals surface area contributed by atoms with Crippen molar-refractivity contribution in [2.45, 2.75) is 18.7 Å². The Kier molecular flexibility index (Phi) is 5.52. The molecular formula is C23H20FN3O4S. The summed E-state index contributed by atoms with van der Waals surface area (Å²) in [6.07, 6.45) is 2.58. The molecule has 0 atom stereocenters. The summed E-state index contributed by atoms with van der Waals surface area (Å²) in [5.74, 6) is -0.879. The Hall–Kier alpha value is -3.59. The van der Waals surface area contributed by atoms with Crippen molar-refractivity contribution in [1.82, 2.24) is 14.6 Å². The summed E-state index contributed by atoms with van der Waals surface area (Å²) in [6.45, 7) is 3.69. The minimum atomic E-state index is -3.35. The Morgan fingerprint density at radius 1 is 1.06 bits per heavy atom. The fourth-order valence-corrected chi connectivity index (χ4v) is 4.08. The third-order valence-corrected chi connectivity index (χ3v) is 6.20. The van der Waals surface area contributed by atoms with E-state index in [4.69, 9.17) is 4.74 Å². The smallest absolute Gasteiger partial charge is 0.341 e. The molecular weight excluding hydrogens is 433 g/mol. The summed E-state index contributed by atoms with van der Waals surface area (Å²) in [6, 6.07) is 12.3. The lowest BCUT2D eigenvalue weighted by Gasteiger charge is -2.07. The Balaban J connectivity index is 1.98. The molecule has 9 heteroatoms. The predicted molar refractivity (Wildman–Crippen MR) is 118 cm³/mol. The largest absolute Gasteiger partial charge is 0.462 e. The van der Waals surface area contributed by atoms with Gasteiger partial charge in [0.15, 0.2) is 15.5 Å². The van der Waals surface area contributed by atoms with Crippen molar-refractivity contribution >= 4 is 21.5 Å². The van der Waals surface area contributed by atoms with Crippen LogP contribution >= 0.6 is 0 Å². The number of ether oxygens (including phenoxy) is 1. The molecule has 0 bridgehead atoms. The van der Waals surface area contributed by atoms with E-state index < -0.39 is 15.8 Å². The number of aryl methyl sites for hydroxylation is 1. The van der Waals surface area contributed by atoms with Crippen molar-refractivity contribution in [1.29, 1.82) is 0 Å². The first-order chi connectivity index (χ1) is 15.2. The quantitative estimate of drug-likeness (QED) is 0.423. The summed E-state index contributed by atoms with van der Waals surface area (Å²) >= 11 is 0. The van der Waals surface area contributed by atoms with E-state index in [1.165, 1.54) is 30.5 Å². The van der Waals surface area contributed by atoms with Crippen molar-refractivity contribution in [3.8, 4) is 22.4 Å². The molecule has 0 unspecified atom stereocenters. The number of rotatable bonds is 5. The van der Waals surface area contributed by atoms with Gasteiger partial charge in [0.05, 0.1) is 28.3 Å². The van der Waals surface area contributed by atoms with Crippen molar-refractivity contribution in [3.63, 3.8) is 0 Å². The van der Waals surface area contributed by atoms with E-state index in [0.717, 1.165) is 6.26 Å². The van der Waals surface area contributed by atoms with E-state index >= 15 is 0 Å². The average Bonchev–Trinajstić information content (AvgIpc) is 3.15. The van der Waals surface area contributed by atoms with Gasteiger partial charge in [0.25, 0.3) is 0 Å². The summed E-state index contributed by atoms with van der Waals surface area (Å²) in [4.78, 5) is 17.0. The standard InChI is InChI=1S/C23H20FN3O4S/c1-4-31-23(28)19-13-25-22-20(15-5-9-17(24)10-6-15)21(26-27(22)14(19)2)16-7-11-18(12-8-16)32(3,29)30/h5-13H,4H2,1-3H3. The number of carbonyl (C=O) groups excluding carboxylic acids is 1. The summed E-state index contributed by atoms with van der Waals surface area (Å²) in [7, 11) is -3.35. The second-order valence-electron chi connectivity index (χ2n) is 7.24. The molecule has 32 heavy (non-hydrogen) atoms. The van der Waals surface area contributed by atoms with Gasteiger partial charge >= 0.3 is 5.97 Å². The highest BCUT2D eigenvalue weighted by atomic mass is 32.2. The van der Waals surface area contributed by atoms with Crippen LogP contribution < -0.4 is 0 Å². The molecule has 2 aromatic heterocycles. The molecule has 2 aromatic carbocycles. The van der Waals surface area contributed by atoms with E-state index in [2.05, 4.69) is 10.1 Å². The molecule has 0 amide bonds. The molecule has 0 aliphatic carbocycles. The second kappa shape index (κ2) is 8.16. The summed E-state index contributed by atoms with van der Waals surface area (Å²) in [5, 5.41) is 4.68. The molecule has 7 nitrogen and oxygen atoms in total. The number of halogens is 1. The predicted octanol–water partition coefficient (Wildman–Crippen LogP) is 4.09. The van der Waals surface area contributed by atoms with E-state index in [1.807, 2.05) is 0 Å². The number of hydrogen-bond donors (Lipinski definition) is 0. The lowest BCUT2D eigenvalue weighted by molar-refractivity contribution is 0.0524. The molecule has 0 N–H and O–H groups in total. The zero-order valence-electron chi connectivity index (χ0n) is 17.7. The third kappa shape index (κ3) is 3.87. The lowest BCUT2D eigenvalue weighted by Crippen LogP contribution is -2.11. The number of nitrogens with zero attached hydrogens (tertiary/aromatic N) is 3. The molecule has 0 fully saturated rings. The maximum absolute atomic E-state index is 13.6. The first kappa shape index (κ1) is 21.6. The first-order valence-corrected chi connectivity index (χ1v) is 11.7. The second-order valence-corrected chi connectivity index (χ2v) is 9.26. The molecule has 2 heterocycles. The number of fused-ring (bicyclic) bond motifs is 1. The maximum Gasteiger partial charge on any atom is 0.341 e. The zero-order chi connectivity index (χ0) is 23.0. The van der Waals surface area contributed by atoms with Crippen LogP contribution in [0.25, 0.3) is 28.0 Å². The van der Waals surface area contributed by atoms with Gasteiger partial charge in [-0.15, -0.1) is 0 Å². The average molecular weight is 453 g/mol. The summed E-state index contributed by atoms with van der Waals surface area (Å²) in [5.41, 5.74) is 3.79. The Morgan fingerprint density at radius 2 is 1.69 bits per heavy atom. The minimum absolute atomic E-state index is 0.187. The molecule has 4 aromatic rings. The Labute approximate surface area is 184 Å². The van der Waals surface area contributed by atoms with E-state index in [-0.39, 0.29) is 22.9 Å². The molecule has 0 spiro atoms. The Bertz CT molecular complexity index is 1430. The maximum atomic E-state index is 13.6. The van der Waals surface area contributed by atoms with Gasteiger partial charge in [0.2, 0.25) is 0 Å². The number of aromatic nitrogens is 3. The van der Waals surface area contributed by atoms with Gasteiger partial charge in [0.1, 0.15) is 11.5 Å². The number of benzene rings is 2. The van der Waals surface area contributed by atoms with Crippen LogP contribution in [0.4, 0.5) is 4.39 Å². The molecule has 164 valence electrons. The number of esters is 1. The van der Waals surface area contributed by atoms with Gasteiger partial charge in [-0.25, -0.2) is 27.1 Å².